The lowest BCUT2D eigenvalue weighted by molar-refractivity contribution is -0.113. The van der Waals surface area contributed by atoms with Crippen molar-refractivity contribution in [1.29, 1.82) is 0 Å². The zero-order chi connectivity index (χ0) is 18.5. The van der Waals surface area contributed by atoms with E-state index in [4.69, 9.17) is 27.9 Å². The van der Waals surface area contributed by atoms with Gasteiger partial charge in [0.1, 0.15) is 5.75 Å². The molecule has 0 atom stereocenters. The minimum atomic E-state index is -0.155. The van der Waals surface area contributed by atoms with Crippen LogP contribution in [-0.4, -0.2) is 28.3 Å². The van der Waals surface area contributed by atoms with E-state index in [1.54, 1.807) is 31.5 Å². The Morgan fingerprint density at radius 3 is 2.65 bits per heavy atom. The van der Waals surface area contributed by atoms with Gasteiger partial charge in [-0.25, -0.2) is 4.98 Å². The Kier molecular flexibility index (Phi) is 6.08. The van der Waals surface area contributed by atoms with E-state index < -0.39 is 0 Å². The summed E-state index contributed by atoms with van der Waals surface area (Å²) in [6, 6.07) is 12.6. The summed E-state index contributed by atoms with van der Waals surface area (Å²) in [4.78, 5) is 16.5. The lowest BCUT2D eigenvalue weighted by Gasteiger charge is -2.09. The number of carbonyl (C=O) groups excluding carboxylic acids is 1. The standard InChI is InChI=1S/C18H15Cl2N3O2S/c1-25-14-5-3-13(4-6-14)23-9-8-21-18(23)26-11-17(24)22-12-2-7-15(19)16(20)10-12/h2-10H,11H2,1H3,(H,22,24). The van der Waals surface area contributed by atoms with Crippen LogP contribution in [-0.2, 0) is 4.79 Å². The van der Waals surface area contributed by atoms with Gasteiger partial charge in [0.15, 0.2) is 5.16 Å². The first-order chi connectivity index (χ1) is 12.6. The second-order valence-electron chi connectivity index (χ2n) is 5.24. The number of nitrogens with zero attached hydrogens (tertiary/aromatic N) is 2. The largest absolute Gasteiger partial charge is 0.497 e. The van der Waals surface area contributed by atoms with Crippen LogP contribution in [0.5, 0.6) is 5.75 Å². The molecule has 0 radical (unpaired) electrons. The number of aromatic nitrogens is 2. The maximum Gasteiger partial charge on any atom is 0.234 e. The van der Waals surface area contributed by atoms with Crippen molar-refractivity contribution in [3.63, 3.8) is 0 Å². The van der Waals surface area contributed by atoms with E-state index in [1.807, 2.05) is 35.0 Å². The van der Waals surface area contributed by atoms with Crippen LogP contribution in [0.2, 0.25) is 10.0 Å². The lowest BCUT2D eigenvalue weighted by Crippen LogP contribution is -2.14. The van der Waals surface area contributed by atoms with E-state index in [-0.39, 0.29) is 11.7 Å². The van der Waals surface area contributed by atoms with Gasteiger partial charge in [-0.1, -0.05) is 35.0 Å². The fourth-order valence-corrected chi connectivity index (χ4v) is 3.31. The zero-order valence-electron chi connectivity index (χ0n) is 13.8. The van der Waals surface area contributed by atoms with Crippen molar-refractivity contribution in [2.75, 3.05) is 18.2 Å². The van der Waals surface area contributed by atoms with E-state index >= 15 is 0 Å². The molecule has 0 aliphatic heterocycles. The van der Waals surface area contributed by atoms with Gasteiger partial charge in [-0.05, 0) is 42.5 Å². The van der Waals surface area contributed by atoms with Crippen molar-refractivity contribution in [1.82, 2.24) is 9.55 Å². The number of halogens is 2. The van der Waals surface area contributed by atoms with Gasteiger partial charge >= 0.3 is 0 Å². The molecule has 1 aromatic heterocycles. The third kappa shape index (κ3) is 4.52. The molecule has 0 unspecified atom stereocenters. The number of ether oxygens (including phenoxy) is 1. The Morgan fingerprint density at radius 1 is 1.19 bits per heavy atom. The topological polar surface area (TPSA) is 56.2 Å². The first-order valence-corrected chi connectivity index (χ1v) is 9.36. The van der Waals surface area contributed by atoms with Crippen LogP contribution in [0.15, 0.2) is 60.0 Å². The van der Waals surface area contributed by atoms with Gasteiger partial charge < -0.3 is 10.1 Å². The fraction of sp³-hybridized carbons (Fsp3) is 0.111. The number of carbonyl (C=O) groups is 1. The Bertz CT molecular complexity index is 913. The molecule has 0 saturated carbocycles. The predicted molar refractivity (Wildman–Crippen MR) is 106 cm³/mol. The molecule has 1 heterocycles. The molecule has 0 aliphatic carbocycles. The SMILES string of the molecule is COc1ccc(-n2ccnc2SCC(=O)Nc2ccc(Cl)c(Cl)c2)cc1. The van der Waals surface area contributed by atoms with Crippen LogP contribution in [0.25, 0.3) is 5.69 Å². The first-order valence-electron chi connectivity index (χ1n) is 7.62. The molecule has 26 heavy (non-hydrogen) atoms. The average molecular weight is 408 g/mol. The normalized spacial score (nSPS) is 10.6. The maximum absolute atomic E-state index is 12.2. The first kappa shape index (κ1) is 18.6. The summed E-state index contributed by atoms with van der Waals surface area (Å²) in [6.45, 7) is 0. The third-order valence-electron chi connectivity index (χ3n) is 3.49. The van der Waals surface area contributed by atoms with Crippen molar-refractivity contribution in [3.8, 4) is 11.4 Å². The number of amides is 1. The van der Waals surface area contributed by atoms with E-state index in [9.17, 15) is 4.79 Å². The third-order valence-corrected chi connectivity index (χ3v) is 5.20. The Morgan fingerprint density at radius 2 is 1.96 bits per heavy atom. The number of thioether (sulfide) groups is 1. The van der Waals surface area contributed by atoms with Crippen LogP contribution in [0, 0.1) is 0 Å². The molecule has 1 amide bonds. The minimum Gasteiger partial charge on any atom is -0.497 e. The van der Waals surface area contributed by atoms with Crippen LogP contribution >= 0.6 is 35.0 Å². The van der Waals surface area contributed by atoms with E-state index in [0.717, 1.165) is 16.6 Å². The van der Waals surface area contributed by atoms with Gasteiger partial charge in [0.05, 0.1) is 22.9 Å². The van der Waals surface area contributed by atoms with E-state index in [2.05, 4.69) is 10.3 Å². The summed E-state index contributed by atoms with van der Waals surface area (Å²) < 4.78 is 7.08. The number of hydrogen-bond acceptors (Lipinski definition) is 4. The number of anilines is 1. The van der Waals surface area contributed by atoms with Gasteiger partial charge in [0, 0.05) is 23.8 Å². The Labute approximate surface area is 165 Å². The monoisotopic (exact) mass is 407 g/mol. The molecule has 134 valence electrons. The van der Waals surface area contributed by atoms with Crippen molar-refractivity contribution in [2.24, 2.45) is 0 Å². The summed E-state index contributed by atoms with van der Waals surface area (Å²) in [5.41, 5.74) is 1.54. The number of methoxy groups -OCH3 is 1. The number of benzene rings is 2. The van der Waals surface area contributed by atoms with Crippen LogP contribution in [0.1, 0.15) is 0 Å². The highest BCUT2D eigenvalue weighted by Crippen LogP contribution is 2.26. The average Bonchev–Trinajstić information content (AvgIpc) is 3.12. The molecule has 5 nitrogen and oxygen atoms in total. The second kappa shape index (κ2) is 8.49. The number of hydrogen-bond donors (Lipinski definition) is 1. The molecular weight excluding hydrogens is 393 g/mol. The molecule has 0 aliphatic rings. The van der Waals surface area contributed by atoms with Gasteiger partial charge in [-0.3, -0.25) is 9.36 Å². The second-order valence-corrected chi connectivity index (χ2v) is 7.00. The molecule has 1 N–H and O–H groups in total. The lowest BCUT2D eigenvalue weighted by atomic mass is 10.3. The molecule has 0 saturated heterocycles. The molecule has 3 rings (SSSR count). The molecule has 0 fully saturated rings. The fourth-order valence-electron chi connectivity index (χ4n) is 2.24. The van der Waals surface area contributed by atoms with Crippen molar-refractivity contribution in [3.05, 3.63) is 64.9 Å². The van der Waals surface area contributed by atoms with Crippen molar-refractivity contribution in [2.45, 2.75) is 5.16 Å². The van der Waals surface area contributed by atoms with Gasteiger partial charge in [0.2, 0.25) is 5.91 Å². The van der Waals surface area contributed by atoms with Crippen molar-refractivity contribution < 1.29 is 9.53 Å². The molecule has 3 aromatic rings. The minimum absolute atomic E-state index is 0.155. The summed E-state index contributed by atoms with van der Waals surface area (Å²) >= 11 is 13.2. The van der Waals surface area contributed by atoms with Crippen LogP contribution < -0.4 is 10.1 Å². The van der Waals surface area contributed by atoms with Gasteiger partial charge in [-0.15, -0.1) is 0 Å². The highest BCUT2D eigenvalue weighted by molar-refractivity contribution is 7.99. The number of nitrogens with one attached hydrogen (secondary N) is 1. The van der Waals surface area contributed by atoms with E-state index in [0.29, 0.717) is 15.7 Å². The van der Waals surface area contributed by atoms with Crippen LogP contribution in [0.4, 0.5) is 5.69 Å². The molecule has 0 spiro atoms. The summed E-state index contributed by atoms with van der Waals surface area (Å²) in [5.74, 6) is 0.842. The Balaban J connectivity index is 1.63. The molecule has 0 bridgehead atoms. The number of rotatable bonds is 6. The van der Waals surface area contributed by atoms with Crippen LogP contribution in [0.3, 0.4) is 0 Å². The van der Waals surface area contributed by atoms with Gasteiger partial charge in [-0.2, -0.15) is 0 Å². The quantitative estimate of drug-likeness (QED) is 0.589. The summed E-state index contributed by atoms with van der Waals surface area (Å²) in [6.07, 6.45) is 3.55. The highest BCUT2D eigenvalue weighted by Gasteiger charge is 2.10. The zero-order valence-corrected chi connectivity index (χ0v) is 16.1. The summed E-state index contributed by atoms with van der Waals surface area (Å²) in [7, 11) is 1.62. The van der Waals surface area contributed by atoms with Gasteiger partial charge in [0.25, 0.3) is 0 Å². The Hall–Kier alpha value is -2.15. The molecule has 8 heteroatoms. The van der Waals surface area contributed by atoms with E-state index in [1.165, 1.54) is 11.8 Å². The smallest absolute Gasteiger partial charge is 0.234 e. The van der Waals surface area contributed by atoms with Crippen molar-refractivity contribution >= 4 is 46.6 Å². The number of imidazole rings is 1. The predicted octanol–water partition coefficient (Wildman–Crippen LogP) is 4.92. The maximum atomic E-state index is 12.2. The molecule has 2 aromatic carbocycles. The summed E-state index contributed by atoms with van der Waals surface area (Å²) in [5, 5.41) is 4.35. The molecular formula is C18H15Cl2N3O2S. The highest BCUT2D eigenvalue weighted by atomic mass is 35.5.